The molecule has 0 atom stereocenters. The number of aromatic nitrogens is 1. The van der Waals surface area contributed by atoms with Crippen LogP contribution in [-0.4, -0.2) is 4.98 Å². The number of thiazole rings is 1. The van der Waals surface area contributed by atoms with E-state index in [-0.39, 0.29) is 0 Å². The third-order valence-corrected chi connectivity index (χ3v) is 2.98. The van der Waals surface area contributed by atoms with Crippen LogP contribution in [0.1, 0.15) is 24.4 Å². The first-order valence-electron chi connectivity index (χ1n) is 4.87. The summed E-state index contributed by atoms with van der Waals surface area (Å²) in [6.45, 7) is 6.45. The van der Waals surface area contributed by atoms with E-state index in [9.17, 15) is 0 Å². The predicted octanol–water partition coefficient (Wildman–Crippen LogP) is 3.81. The van der Waals surface area contributed by atoms with Crippen molar-refractivity contribution < 1.29 is 0 Å². The lowest BCUT2D eigenvalue weighted by Gasteiger charge is -2.03. The second kappa shape index (κ2) is 3.70. The number of benzene rings is 1. The van der Waals surface area contributed by atoms with Gasteiger partial charge in [0.05, 0.1) is 15.2 Å². The number of nitrogens with zero attached hydrogens (tertiary/aromatic N) is 1. The average molecular weight is 204 g/mol. The Morgan fingerprint density at radius 3 is 2.86 bits per heavy atom. The van der Waals surface area contributed by atoms with E-state index < -0.39 is 0 Å². The number of rotatable bonds is 2. The number of fused-ring (bicyclic) bond motifs is 1. The van der Waals surface area contributed by atoms with Gasteiger partial charge in [0.1, 0.15) is 0 Å². The third-order valence-electron chi connectivity index (χ3n) is 2.05. The fraction of sp³-hybridized carbons (Fsp3) is 0.333. The number of hydrogen-bond donors (Lipinski definition) is 0. The summed E-state index contributed by atoms with van der Waals surface area (Å²) in [6, 6.07) is 6.47. The molecule has 14 heavy (non-hydrogen) atoms. The minimum atomic E-state index is 0.599. The Morgan fingerprint density at radius 1 is 1.36 bits per heavy atom. The molecule has 0 aliphatic heterocycles. The highest BCUT2D eigenvalue weighted by molar-refractivity contribution is 7.18. The van der Waals surface area contributed by atoms with E-state index in [2.05, 4.69) is 50.4 Å². The van der Waals surface area contributed by atoms with Crippen molar-refractivity contribution in [2.24, 2.45) is 5.92 Å². The quantitative estimate of drug-likeness (QED) is 0.724. The van der Waals surface area contributed by atoms with Crippen molar-refractivity contribution in [2.75, 3.05) is 0 Å². The molecule has 0 spiro atoms. The summed E-state index contributed by atoms with van der Waals surface area (Å²) >= 11 is 1.76. The van der Waals surface area contributed by atoms with Gasteiger partial charge in [0.25, 0.3) is 0 Å². The Balaban J connectivity index is 2.40. The Hall–Kier alpha value is -0.890. The topological polar surface area (TPSA) is 12.9 Å². The molecule has 0 saturated heterocycles. The van der Waals surface area contributed by atoms with Crippen LogP contribution in [0, 0.1) is 19.3 Å². The van der Waals surface area contributed by atoms with Gasteiger partial charge < -0.3 is 0 Å². The average Bonchev–Trinajstić information content (AvgIpc) is 2.42. The summed E-state index contributed by atoms with van der Waals surface area (Å²) in [4.78, 5) is 4.44. The van der Waals surface area contributed by atoms with Gasteiger partial charge in [-0.2, -0.15) is 0 Å². The van der Waals surface area contributed by atoms with Gasteiger partial charge in [-0.3, -0.25) is 0 Å². The highest BCUT2D eigenvalue weighted by Crippen LogP contribution is 2.24. The van der Waals surface area contributed by atoms with Crippen LogP contribution < -0.4 is 0 Å². The summed E-state index contributed by atoms with van der Waals surface area (Å²) in [6.07, 6.45) is 2.27. The lowest BCUT2D eigenvalue weighted by Crippen LogP contribution is -1.89. The van der Waals surface area contributed by atoms with Gasteiger partial charge in [-0.1, -0.05) is 19.9 Å². The van der Waals surface area contributed by atoms with Gasteiger partial charge in [0.15, 0.2) is 0 Å². The van der Waals surface area contributed by atoms with Crippen molar-refractivity contribution in [3.8, 4) is 0 Å². The third kappa shape index (κ3) is 1.95. The first-order chi connectivity index (χ1) is 6.65. The van der Waals surface area contributed by atoms with Gasteiger partial charge in [-0.05, 0) is 37.0 Å². The van der Waals surface area contributed by atoms with Crippen molar-refractivity contribution in [2.45, 2.75) is 20.8 Å². The van der Waals surface area contributed by atoms with Gasteiger partial charge in [0.2, 0.25) is 0 Å². The van der Waals surface area contributed by atoms with Crippen molar-refractivity contribution in [3.63, 3.8) is 0 Å². The maximum Gasteiger partial charge on any atom is 0.0907 e. The van der Waals surface area contributed by atoms with Crippen LogP contribution in [0.4, 0.5) is 0 Å². The normalized spacial score (nSPS) is 11.4. The zero-order valence-electron chi connectivity index (χ0n) is 8.74. The smallest absolute Gasteiger partial charge is 0.0907 e. The van der Waals surface area contributed by atoms with Crippen LogP contribution in [0.5, 0.6) is 0 Å². The minimum Gasteiger partial charge on any atom is -0.242 e. The molecule has 0 aliphatic carbocycles. The lowest BCUT2D eigenvalue weighted by atomic mass is 10.0. The van der Waals surface area contributed by atoms with Crippen molar-refractivity contribution in [3.05, 3.63) is 35.2 Å². The molecule has 0 amide bonds. The van der Waals surface area contributed by atoms with Crippen LogP contribution in [0.15, 0.2) is 18.2 Å². The Bertz CT molecular complexity index is 443. The van der Waals surface area contributed by atoms with Crippen molar-refractivity contribution >= 4 is 21.6 Å². The molecule has 73 valence electrons. The molecule has 0 N–H and O–H groups in total. The van der Waals surface area contributed by atoms with E-state index in [1.54, 1.807) is 11.3 Å². The molecule has 1 nitrogen and oxygen atoms in total. The molecule has 1 heterocycles. The minimum absolute atomic E-state index is 0.599. The summed E-state index contributed by atoms with van der Waals surface area (Å²) in [5, 5.41) is 1.14. The van der Waals surface area contributed by atoms with Crippen molar-refractivity contribution in [1.82, 2.24) is 4.98 Å². The molecule has 0 aliphatic rings. The zero-order valence-corrected chi connectivity index (χ0v) is 9.56. The molecule has 2 aromatic rings. The van der Waals surface area contributed by atoms with Crippen LogP contribution in [0.2, 0.25) is 0 Å². The fourth-order valence-electron chi connectivity index (χ4n) is 1.54. The lowest BCUT2D eigenvalue weighted by molar-refractivity contribution is 0.777. The maximum atomic E-state index is 4.44. The maximum absolute atomic E-state index is 4.44. The standard InChI is InChI=1S/C12H14NS/c1-8(2)6-10-4-5-11-12(7-10)14-9(3)13-11/h4-8H,1-3H3. The van der Waals surface area contributed by atoms with Crippen LogP contribution >= 0.6 is 11.3 Å². The summed E-state index contributed by atoms with van der Waals surface area (Å²) < 4.78 is 1.29. The first-order valence-corrected chi connectivity index (χ1v) is 5.69. The second-order valence-corrected chi connectivity index (χ2v) is 5.11. The molecule has 2 heteroatoms. The SMILES string of the molecule is Cc1nc2ccc([CH]C(C)C)cc2s1. The molecule has 0 saturated carbocycles. The van der Waals surface area contributed by atoms with Gasteiger partial charge in [-0.25, -0.2) is 4.98 Å². The molecule has 1 aromatic carbocycles. The van der Waals surface area contributed by atoms with Gasteiger partial charge >= 0.3 is 0 Å². The Labute approximate surface area is 88.8 Å². The van der Waals surface area contributed by atoms with Crippen LogP contribution in [0.25, 0.3) is 10.2 Å². The van der Waals surface area contributed by atoms with E-state index in [1.807, 2.05) is 0 Å². The summed E-state index contributed by atoms with van der Waals surface area (Å²) in [5.41, 5.74) is 2.42. The highest BCUT2D eigenvalue weighted by atomic mass is 32.1. The molecule has 1 radical (unpaired) electrons. The fourth-order valence-corrected chi connectivity index (χ4v) is 2.42. The molecular weight excluding hydrogens is 190 g/mol. The first kappa shape index (κ1) is 9.66. The van der Waals surface area contributed by atoms with E-state index in [1.165, 1.54) is 10.3 Å². The molecular formula is C12H14NS. The van der Waals surface area contributed by atoms with E-state index in [0.717, 1.165) is 10.5 Å². The molecule has 0 bridgehead atoms. The largest absolute Gasteiger partial charge is 0.242 e. The highest BCUT2D eigenvalue weighted by Gasteiger charge is 2.03. The predicted molar refractivity (Wildman–Crippen MR) is 62.6 cm³/mol. The number of hydrogen-bond acceptors (Lipinski definition) is 2. The zero-order chi connectivity index (χ0) is 10.1. The van der Waals surface area contributed by atoms with Gasteiger partial charge in [-0.15, -0.1) is 11.3 Å². The van der Waals surface area contributed by atoms with E-state index >= 15 is 0 Å². The second-order valence-electron chi connectivity index (χ2n) is 3.87. The Kier molecular flexibility index (Phi) is 2.55. The monoisotopic (exact) mass is 204 g/mol. The number of aryl methyl sites for hydroxylation is 1. The Morgan fingerprint density at radius 2 is 2.14 bits per heavy atom. The summed E-state index contributed by atoms with van der Waals surface area (Å²) in [5.74, 6) is 0.599. The van der Waals surface area contributed by atoms with E-state index in [4.69, 9.17) is 0 Å². The van der Waals surface area contributed by atoms with Gasteiger partial charge in [0, 0.05) is 0 Å². The molecule has 1 aromatic heterocycles. The molecule has 0 unspecified atom stereocenters. The molecule has 2 rings (SSSR count). The molecule has 0 fully saturated rings. The summed E-state index contributed by atoms with van der Waals surface area (Å²) in [7, 11) is 0. The van der Waals surface area contributed by atoms with Crippen LogP contribution in [-0.2, 0) is 0 Å². The van der Waals surface area contributed by atoms with Crippen LogP contribution in [0.3, 0.4) is 0 Å². The van der Waals surface area contributed by atoms with E-state index in [0.29, 0.717) is 5.92 Å². The van der Waals surface area contributed by atoms with Crippen molar-refractivity contribution in [1.29, 1.82) is 0 Å².